The third-order valence-electron chi connectivity index (χ3n) is 10.5. The average Bonchev–Trinajstić information content (AvgIpc) is 3.88. The minimum absolute atomic E-state index is 0.00253. The molecule has 6 aromatic rings. The van der Waals surface area contributed by atoms with E-state index in [0.717, 1.165) is 94.3 Å². The summed E-state index contributed by atoms with van der Waals surface area (Å²) >= 11 is 3.28. The van der Waals surface area contributed by atoms with Gasteiger partial charge < -0.3 is 10.6 Å². The van der Waals surface area contributed by atoms with Gasteiger partial charge in [0.1, 0.15) is 0 Å². The first-order valence-electron chi connectivity index (χ1n) is 17.6. The molecule has 0 atom stereocenters. The Balaban J connectivity index is 0.835. The molecule has 4 heterocycles. The van der Waals surface area contributed by atoms with Gasteiger partial charge in [-0.15, -0.1) is 22.7 Å². The van der Waals surface area contributed by atoms with Gasteiger partial charge >= 0.3 is 0 Å². The Morgan fingerprint density at radius 3 is 1.41 bits per heavy atom. The van der Waals surface area contributed by atoms with Crippen LogP contribution in [0.5, 0.6) is 0 Å². The van der Waals surface area contributed by atoms with Crippen molar-refractivity contribution in [1.82, 2.24) is 20.6 Å². The molecule has 0 radical (unpaired) electrons. The molecule has 0 saturated heterocycles. The quantitative estimate of drug-likeness (QED) is 0.167. The molecule has 0 aliphatic heterocycles. The van der Waals surface area contributed by atoms with Gasteiger partial charge in [0.15, 0.2) is 0 Å². The van der Waals surface area contributed by atoms with Crippen molar-refractivity contribution in [3.8, 4) is 21.1 Å². The Hall–Kier alpha value is -4.40. The lowest BCUT2D eigenvalue weighted by atomic mass is 9.75. The van der Waals surface area contributed by atoms with Gasteiger partial charge in [0, 0.05) is 22.9 Å². The molecule has 2 fully saturated rings. The van der Waals surface area contributed by atoms with Crippen molar-refractivity contribution in [2.75, 3.05) is 0 Å². The molecule has 2 amide bonds. The fourth-order valence-corrected chi connectivity index (χ4v) is 9.28. The van der Waals surface area contributed by atoms with Gasteiger partial charge in [0.05, 0.1) is 43.3 Å². The van der Waals surface area contributed by atoms with Crippen molar-refractivity contribution in [3.05, 3.63) is 107 Å². The molecular weight excluding hydrogens is 645 g/mol. The van der Waals surface area contributed by atoms with Gasteiger partial charge in [-0.1, -0.05) is 48.5 Å². The topological polar surface area (TPSA) is 84.0 Å². The van der Waals surface area contributed by atoms with Crippen LogP contribution in [0.2, 0.25) is 0 Å². The summed E-state index contributed by atoms with van der Waals surface area (Å²) in [6.07, 6.45) is 9.96. The van der Waals surface area contributed by atoms with E-state index in [2.05, 4.69) is 22.8 Å². The number of fused-ring (bicyclic) bond motifs is 2. The van der Waals surface area contributed by atoms with Crippen LogP contribution < -0.4 is 10.6 Å². The Morgan fingerprint density at radius 1 is 0.571 bits per heavy atom. The number of nitrogens with one attached hydrogen (secondary N) is 2. The maximum atomic E-state index is 13.6. The Labute approximate surface area is 295 Å². The third kappa shape index (κ3) is 7.03. The summed E-state index contributed by atoms with van der Waals surface area (Å²) in [5.74, 6) is 1.41. The third-order valence-corrected chi connectivity index (χ3v) is 12.3. The summed E-state index contributed by atoms with van der Waals surface area (Å²) in [5.41, 5.74) is 4.83. The molecule has 4 aromatic heterocycles. The number of nitrogens with zero attached hydrogens (tertiary/aromatic N) is 2. The van der Waals surface area contributed by atoms with Crippen LogP contribution in [0.25, 0.3) is 42.9 Å². The first kappa shape index (κ1) is 31.8. The van der Waals surface area contributed by atoms with E-state index in [9.17, 15) is 9.59 Å². The molecule has 0 unspecified atom stereocenters. The normalized spacial score (nSPS) is 21.1. The number of benzene rings is 2. The van der Waals surface area contributed by atoms with E-state index in [-0.39, 0.29) is 23.9 Å². The molecule has 8 heteroatoms. The summed E-state index contributed by atoms with van der Waals surface area (Å²) < 4.78 is 0. The average molecular weight is 685 g/mol. The summed E-state index contributed by atoms with van der Waals surface area (Å²) in [7, 11) is 0. The number of carbonyl (C=O) groups excluding carboxylic acids is 2. The molecule has 49 heavy (non-hydrogen) atoms. The Kier molecular flexibility index (Phi) is 9.24. The van der Waals surface area contributed by atoms with Crippen molar-refractivity contribution < 1.29 is 9.59 Å². The minimum Gasteiger partial charge on any atom is -0.349 e. The van der Waals surface area contributed by atoms with E-state index in [4.69, 9.17) is 9.97 Å². The van der Waals surface area contributed by atoms with E-state index in [1.54, 1.807) is 22.7 Å². The van der Waals surface area contributed by atoms with Crippen molar-refractivity contribution in [3.63, 3.8) is 0 Å². The smallest absolute Gasteiger partial charge is 0.252 e. The lowest BCUT2D eigenvalue weighted by molar-refractivity contribution is 0.0919. The number of rotatable bonds is 8. The summed E-state index contributed by atoms with van der Waals surface area (Å²) in [5, 5.41) is 12.6. The SMILES string of the molecule is O=C(NC1CCC(CC2CCC(NC(=O)c3cc(-c4cccs4)nc4ccccc34)CC2)CC1)c1cc(-c2cccs2)nc2ccccc12. The largest absolute Gasteiger partial charge is 0.349 e. The predicted molar refractivity (Wildman–Crippen MR) is 201 cm³/mol. The van der Waals surface area contributed by atoms with Crippen LogP contribution in [0.15, 0.2) is 95.7 Å². The number of para-hydroxylation sites is 2. The monoisotopic (exact) mass is 684 g/mol. The van der Waals surface area contributed by atoms with E-state index in [1.165, 1.54) is 6.42 Å². The lowest BCUT2D eigenvalue weighted by Gasteiger charge is -2.34. The minimum atomic E-state index is 0.00253. The zero-order valence-electron chi connectivity index (χ0n) is 27.4. The van der Waals surface area contributed by atoms with Crippen LogP contribution in [0.4, 0.5) is 0 Å². The molecule has 2 N–H and O–H groups in total. The molecule has 248 valence electrons. The van der Waals surface area contributed by atoms with Crippen molar-refractivity contribution >= 4 is 56.3 Å². The highest BCUT2D eigenvalue weighted by Gasteiger charge is 2.29. The molecule has 0 bridgehead atoms. The molecule has 6 nitrogen and oxygen atoms in total. The molecule has 2 aliphatic rings. The van der Waals surface area contributed by atoms with E-state index in [0.29, 0.717) is 23.0 Å². The van der Waals surface area contributed by atoms with Gasteiger partial charge in [0.25, 0.3) is 11.8 Å². The second-order valence-electron chi connectivity index (χ2n) is 13.7. The summed E-state index contributed by atoms with van der Waals surface area (Å²) in [6, 6.07) is 28.3. The van der Waals surface area contributed by atoms with Crippen LogP contribution in [0.3, 0.4) is 0 Å². The van der Waals surface area contributed by atoms with Gasteiger partial charge in [-0.3, -0.25) is 9.59 Å². The molecular formula is C41H40N4O2S2. The number of thiophene rings is 2. The first-order chi connectivity index (χ1) is 24.1. The Bertz CT molecular complexity index is 1930. The highest BCUT2D eigenvalue weighted by atomic mass is 32.1. The van der Waals surface area contributed by atoms with Crippen molar-refractivity contribution in [2.45, 2.75) is 69.9 Å². The fraction of sp³-hybridized carbons (Fsp3) is 0.317. The van der Waals surface area contributed by atoms with Gasteiger partial charge in [-0.05, 0) is 117 Å². The van der Waals surface area contributed by atoms with Crippen molar-refractivity contribution in [1.29, 1.82) is 0 Å². The lowest BCUT2D eigenvalue weighted by Crippen LogP contribution is -2.39. The van der Waals surface area contributed by atoms with Crippen LogP contribution in [0, 0.1) is 11.8 Å². The zero-order valence-corrected chi connectivity index (χ0v) is 29.1. The Morgan fingerprint density at radius 2 is 1.00 bits per heavy atom. The molecule has 2 aliphatic carbocycles. The van der Waals surface area contributed by atoms with Crippen molar-refractivity contribution in [2.24, 2.45) is 11.8 Å². The highest BCUT2D eigenvalue weighted by Crippen LogP contribution is 2.36. The van der Waals surface area contributed by atoms with Crippen LogP contribution in [0.1, 0.15) is 78.5 Å². The second-order valence-corrected chi connectivity index (χ2v) is 15.6. The number of hydrogen-bond donors (Lipinski definition) is 2. The van der Waals surface area contributed by atoms with Crippen LogP contribution in [-0.2, 0) is 0 Å². The maximum Gasteiger partial charge on any atom is 0.252 e. The molecule has 2 saturated carbocycles. The molecule has 8 rings (SSSR count). The second kappa shape index (κ2) is 14.2. The zero-order chi connectivity index (χ0) is 33.2. The first-order valence-corrected chi connectivity index (χ1v) is 19.3. The number of hydrogen-bond acceptors (Lipinski definition) is 6. The predicted octanol–water partition coefficient (Wildman–Crippen LogP) is 9.91. The van der Waals surface area contributed by atoms with E-state index < -0.39 is 0 Å². The molecule has 0 spiro atoms. The summed E-state index contributed by atoms with van der Waals surface area (Å²) in [6.45, 7) is 0. The summed E-state index contributed by atoms with van der Waals surface area (Å²) in [4.78, 5) is 39.0. The highest BCUT2D eigenvalue weighted by molar-refractivity contribution is 7.13. The number of pyridine rings is 2. The van der Waals surface area contributed by atoms with E-state index >= 15 is 0 Å². The van der Waals surface area contributed by atoms with Gasteiger partial charge in [0.2, 0.25) is 0 Å². The fourth-order valence-electron chi connectivity index (χ4n) is 7.91. The van der Waals surface area contributed by atoms with Crippen LogP contribution in [-0.4, -0.2) is 33.9 Å². The van der Waals surface area contributed by atoms with Crippen LogP contribution >= 0.6 is 22.7 Å². The molecule has 2 aromatic carbocycles. The standard InChI is InChI=1S/C41H40N4O2S2/c46-40(32-24-36(38-11-5-21-48-38)44-34-9-3-1-7-30(32)34)42-28-17-13-26(14-18-28)23-27-15-19-29(20-16-27)43-41(47)33-25-37(39-12-6-22-49-39)45-35-10-4-2-8-31(33)35/h1-12,21-22,24-29H,13-20,23H2,(H,42,46)(H,43,47). The maximum absolute atomic E-state index is 13.6. The number of carbonyl (C=O) groups is 2. The number of amides is 2. The van der Waals surface area contributed by atoms with E-state index in [1.807, 2.05) is 83.6 Å². The van der Waals surface area contributed by atoms with Gasteiger partial charge in [-0.25, -0.2) is 9.97 Å². The van der Waals surface area contributed by atoms with Gasteiger partial charge in [-0.2, -0.15) is 0 Å². The number of aromatic nitrogens is 2.